The molecule has 0 aromatic rings. The fourth-order valence-corrected chi connectivity index (χ4v) is 1.49. The Morgan fingerprint density at radius 3 is 2.43 bits per heavy atom. The van der Waals surface area contributed by atoms with E-state index in [1.807, 2.05) is 14.1 Å². The summed E-state index contributed by atoms with van der Waals surface area (Å²) in [5, 5.41) is 3.08. The van der Waals surface area contributed by atoms with E-state index < -0.39 is 0 Å². The van der Waals surface area contributed by atoms with E-state index in [2.05, 4.69) is 28.8 Å². The van der Waals surface area contributed by atoms with Crippen LogP contribution in [-0.4, -0.2) is 51.7 Å². The number of hydrogen-bond donors (Lipinski definition) is 1. The van der Waals surface area contributed by atoms with E-state index in [0.717, 1.165) is 13.1 Å². The van der Waals surface area contributed by atoms with Gasteiger partial charge in [-0.1, -0.05) is 13.8 Å². The second-order valence-electron chi connectivity index (χ2n) is 4.58. The minimum atomic E-state index is -0.217. The second kappa shape index (κ2) is 5.98. The maximum absolute atomic E-state index is 10.8. The molecule has 14 heavy (non-hydrogen) atoms. The molecule has 0 amide bonds. The number of ether oxygens (including phenoxy) is 1. The van der Waals surface area contributed by atoms with Crippen molar-refractivity contribution in [1.29, 1.82) is 0 Å². The Morgan fingerprint density at radius 1 is 1.43 bits per heavy atom. The van der Waals surface area contributed by atoms with Crippen molar-refractivity contribution in [3.05, 3.63) is 0 Å². The van der Waals surface area contributed by atoms with Crippen molar-refractivity contribution in [2.24, 2.45) is 5.41 Å². The van der Waals surface area contributed by atoms with Gasteiger partial charge in [-0.3, -0.25) is 4.79 Å². The van der Waals surface area contributed by atoms with Gasteiger partial charge in [-0.15, -0.1) is 0 Å². The molecule has 4 heteroatoms. The molecule has 4 nitrogen and oxygen atoms in total. The van der Waals surface area contributed by atoms with Crippen molar-refractivity contribution >= 4 is 5.97 Å². The molecule has 0 rings (SSSR count). The number of esters is 1. The number of rotatable bonds is 6. The van der Waals surface area contributed by atoms with Crippen LogP contribution in [0.4, 0.5) is 0 Å². The lowest BCUT2D eigenvalue weighted by Gasteiger charge is -2.28. The Bertz CT molecular complexity index is 179. The third-order valence-corrected chi connectivity index (χ3v) is 1.84. The molecule has 84 valence electrons. The standard InChI is InChI=1S/C10H22N2O2/c1-10(2,8-12(3)4)7-11-6-9(13)14-5/h11H,6-8H2,1-5H3. The molecule has 0 aliphatic heterocycles. The highest BCUT2D eigenvalue weighted by molar-refractivity contribution is 5.71. The number of nitrogens with one attached hydrogen (secondary N) is 1. The van der Waals surface area contributed by atoms with Gasteiger partial charge in [0.2, 0.25) is 0 Å². The summed E-state index contributed by atoms with van der Waals surface area (Å²) in [7, 11) is 5.49. The van der Waals surface area contributed by atoms with Gasteiger partial charge >= 0.3 is 5.97 Å². The Balaban J connectivity index is 3.70. The average molecular weight is 202 g/mol. The maximum atomic E-state index is 10.8. The Hall–Kier alpha value is -0.610. The summed E-state index contributed by atoms with van der Waals surface area (Å²) in [6, 6.07) is 0. The van der Waals surface area contributed by atoms with Crippen molar-refractivity contribution in [3.8, 4) is 0 Å². The predicted octanol–water partition coefficient (Wildman–Crippen LogP) is 0.337. The third-order valence-electron chi connectivity index (χ3n) is 1.84. The molecule has 0 saturated heterocycles. The van der Waals surface area contributed by atoms with E-state index in [1.54, 1.807) is 0 Å². The van der Waals surface area contributed by atoms with E-state index in [0.29, 0.717) is 0 Å². The molecule has 1 N–H and O–H groups in total. The fourth-order valence-electron chi connectivity index (χ4n) is 1.49. The minimum absolute atomic E-state index is 0.164. The van der Waals surface area contributed by atoms with E-state index >= 15 is 0 Å². The summed E-state index contributed by atoms with van der Waals surface area (Å²) in [6.45, 7) is 6.41. The van der Waals surface area contributed by atoms with Crippen molar-refractivity contribution < 1.29 is 9.53 Å². The van der Waals surface area contributed by atoms with Crippen LogP contribution in [0.1, 0.15) is 13.8 Å². The molecular weight excluding hydrogens is 180 g/mol. The smallest absolute Gasteiger partial charge is 0.319 e. The Labute approximate surface area is 86.6 Å². The van der Waals surface area contributed by atoms with Gasteiger partial charge in [0.05, 0.1) is 13.7 Å². The van der Waals surface area contributed by atoms with Crippen LogP contribution in [0.5, 0.6) is 0 Å². The SMILES string of the molecule is COC(=O)CNCC(C)(C)CN(C)C. The van der Waals surface area contributed by atoms with E-state index in [-0.39, 0.29) is 17.9 Å². The van der Waals surface area contributed by atoms with Crippen LogP contribution in [0.2, 0.25) is 0 Å². The molecule has 0 spiro atoms. The molecule has 0 aromatic carbocycles. The molecule has 0 aliphatic carbocycles. The van der Waals surface area contributed by atoms with Crippen LogP contribution in [0.15, 0.2) is 0 Å². The van der Waals surface area contributed by atoms with Gasteiger partial charge in [-0.25, -0.2) is 0 Å². The molecule has 0 fully saturated rings. The van der Waals surface area contributed by atoms with Crippen LogP contribution >= 0.6 is 0 Å². The number of carbonyl (C=O) groups is 1. The van der Waals surface area contributed by atoms with Crippen LogP contribution in [0, 0.1) is 5.41 Å². The second-order valence-corrected chi connectivity index (χ2v) is 4.58. The first-order valence-electron chi connectivity index (χ1n) is 4.79. The van der Waals surface area contributed by atoms with Crippen LogP contribution < -0.4 is 5.32 Å². The summed E-state index contributed by atoms with van der Waals surface area (Å²) in [4.78, 5) is 13.0. The highest BCUT2D eigenvalue weighted by Gasteiger charge is 2.18. The zero-order chi connectivity index (χ0) is 11.2. The van der Waals surface area contributed by atoms with Crippen molar-refractivity contribution in [1.82, 2.24) is 10.2 Å². The van der Waals surface area contributed by atoms with Gasteiger partial charge in [-0.05, 0) is 19.5 Å². The topological polar surface area (TPSA) is 41.6 Å². The molecule has 0 heterocycles. The van der Waals surface area contributed by atoms with E-state index in [4.69, 9.17) is 0 Å². The summed E-state index contributed by atoms with van der Waals surface area (Å²) in [5.74, 6) is -0.217. The lowest BCUT2D eigenvalue weighted by atomic mass is 9.93. The molecule has 0 saturated carbocycles. The Kier molecular flexibility index (Phi) is 5.72. The van der Waals surface area contributed by atoms with Gasteiger partial charge in [0, 0.05) is 13.1 Å². The maximum Gasteiger partial charge on any atom is 0.319 e. The van der Waals surface area contributed by atoms with E-state index in [1.165, 1.54) is 7.11 Å². The number of methoxy groups -OCH3 is 1. The monoisotopic (exact) mass is 202 g/mol. The zero-order valence-corrected chi connectivity index (χ0v) is 9.89. The molecule has 0 bridgehead atoms. The van der Waals surface area contributed by atoms with Crippen LogP contribution in [-0.2, 0) is 9.53 Å². The number of nitrogens with zero attached hydrogens (tertiary/aromatic N) is 1. The van der Waals surface area contributed by atoms with Gasteiger partial charge in [0.15, 0.2) is 0 Å². The van der Waals surface area contributed by atoms with Gasteiger partial charge in [-0.2, -0.15) is 0 Å². The van der Waals surface area contributed by atoms with Crippen molar-refractivity contribution in [2.75, 3.05) is 40.8 Å². The first-order valence-corrected chi connectivity index (χ1v) is 4.79. The summed E-state index contributed by atoms with van der Waals surface area (Å²) in [5.41, 5.74) is 0.164. The van der Waals surface area contributed by atoms with Crippen LogP contribution in [0.3, 0.4) is 0 Å². The average Bonchev–Trinajstić information content (AvgIpc) is 2.01. The highest BCUT2D eigenvalue weighted by Crippen LogP contribution is 2.13. The predicted molar refractivity (Wildman–Crippen MR) is 57.2 cm³/mol. The largest absolute Gasteiger partial charge is 0.468 e. The first kappa shape index (κ1) is 13.4. The molecular formula is C10H22N2O2. The number of carbonyl (C=O) groups excluding carboxylic acids is 1. The van der Waals surface area contributed by atoms with Gasteiger partial charge < -0.3 is 15.0 Å². The lowest BCUT2D eigenvalue weighted by Crippen LogP contribution is -2.39. The first-order chi connectivity index (χ1) is 6.37. The fraction of sp³-hybridized carbons (Fsp3) is 0.900. The Morgan fingerprint density at radius 2 is 2.00 bits per heavy atom. The number of hydrogen-bond acceptors (Lipinski definition) is 4. The molecule has 0 aromatic heterocycles. The van der Waals surface area contributed by atoms with E-state index in [9.17, 15) is 4.79 Å². The molecule has 0 unspecified atom stereocenters. The van der Waals surface area contributed by atoms with Crippen molar-refractivity contribution in [3.63, 3.8) is 0 Å². The van der Waals surface area contributed by atoms with Gasteiger partial charge in [0.25, 0.3) is 0 Å². The third kappa shape index (κ3) is 6.86. The van der Waals surface area contributed by atoms with Crippen molar-refractivity contribution in [2.45, 2.75) is 13.8 Å². The summed E-state index contributed by atoms with van der Waals surface area (Å²) < 4.78 is 4.53. The molecule has 0 atom stereocenters. The summed E-state index contributed by atoms with van der Waals surface area (Å²) >= 11 is 0. The highest BCUT2D eigenvalue weighted by atomic mass is 16.5. The van der Waals surface area contributed by atoms with Gasteiger partial charge in [0.1, 0.15) is 0 Å². The minimum Gasteiger partial charge on any atom is -0.468 e. The quantitative estimate of drug-likeness (QED) is 0.631. The molecule has 0 aliphatic rings. The zero-order valence-electron chi connectivity index (χ0n) is 9.89. The molecule has 0 radical (unpaired) electrons. The lowest BCUT2D eigenvalue weighted by molar-refractivity contribution is -0.139. The normalized spacial score (nSPS) is 11.9. The summed E-state index contributed by atoms with van der Waals surface area (Å²) in [6.07, 6.45) is 0. The van der Waals surface area contributed by atoms with Crippen LogP contribution in [0.25, 0.3) is 0 Å².